The number of benzene rings is 2. The van der Waals surface area contributed by atoms with E-state index in [-0.39, 0.29) is 56.0 Å². The van der Waals surface area contributed by atoms with Crippen LogP contribution in [0.1, 0.15) is 16.0 Å². The molecule has 13 heteroatoms. The van der Waals surface area contributed by atoms with E-state index in [1.807, 2.05) is 17.5 Å². The van der Waals surface area contributed by atoms with Crippen LogP contribution in [0.2, 0.25) is 0 Å². The molecule has 4 amide bonds. The van der Waals surface area contributed by atoms with E-state index in [2.05, 4.69) is 16.9 Å². The van der Waals surface area contributed by atoms with Crippen LogP contribution in [0.25, 0.3) is 10.2 Å². The number of urea groups is 1. The number of halogens is 1. The molecule has 2 aromatic heterocycles. The van der Waals surface area contributed by atoms with Crippen LogP contribution in [0.5, 0.6) is 5.75 Å². The molecule has 0 saturated carbocycles. The van der Waals surface area contributed by atoms with Gasteiger partial charge in [-0.1, -0.05) is 30.3 Å². The average molecular weight is 621 g/mol. The van der Waals surface area contributed by atoms with Crippen molar-refractivity contribution < 1.29 is 23.9 Å². The molecule has 6 rings (SSSR count). The summed E-state index contributed by atoms with van der Waals surface area (Å²) in [6.45, 7) is 4.43. The van der Waals surface area contributed by atoms with E-state index in [0.717, 1.165) is 10.4 Å². The number of phenolic OH excluding ortho intramolecular Hbond substituents is 1. The third kappa shape index (κ3) is 5.70. The first-order chi connectivity index (χ1) is 20.8. The standard InChI is InChI=1S/C30H29FN6O4S2/c1-2-11-35-17-26(39)36-24(13-19-5-8-21(38)9-6-19)29(40)34(15-20-7-10-23(31)28-27(20)33-18-43-28)16-25(36)37(35)30(41)32-14-22-4-3-12-42-22/h2-10,12,18,24-25,38H,1,11,13-17H2,(H,32,41)/t24-,25-/m0/s1. The second-order valence-electron chi connectivity index (χ2n) is 10.3. The van der Waals surface area contributed by atoms with Crippen LogP contribution in [0.4, 0.5) is 9.18 Å². The first-order valence-corrected chi connectivity index (χ1v) is 15.4. The zero-order valence-corrected chi connectivity index (χ0v) is 24.7. The highest BCUT2D eigenvalue weighted by molar-refractivity contribution is 7.16. The third-order valence-corrected chi connectivity index (χ3v) is 9.33. The Bertz CT molecular complexity index is 1660. The first kappa shape index (κ1) is 28.8. The van der Waals surface area contributed by atoms with Gasteiger partial charge in [0.15, 0.2) is 0 Å². The molecule has 0 unspecified atom stereocenters. The number of thiophene rings is 1. The van der Waals surface area contributed by atoms with Crippen LogP contribution in [-0.2, 0) is 29.1 Å². The quantitative estimate of drug-likeness (QED) is 0.289. The summed E-state index contributed by atoms with van der Waals surface area (Å²) in [4.78, 5) is 50.1. The number of aromatic hydroxyl groups is 1. The Morgan fingerprint density at radius 2 is 1.98 bits per heavy atom. The number of nitrogens with one attached hydrogen (secondary N) is 1. The Morgan fingerprint density at radius 3 is 2.72 bits per heavy atom. The van der Waals surface area contributed by atoms with Gasteiger partial charge in [-0.3, -0.25) is 9.59 Å². The van der Waals surface area contributed by atoms with Crippen molar-refractivity contribution in [2.24, 2.45) is 0 Å². The summed E-state index contributed by atoms with van der Waals surface area (Å²) in [5, 5.41) is 17.9. The number of carbonyl (C=O) groups excluding carboxylic acids is 3. The SMILES string of the molecule is C=CCN1CC(=O)N2[C@@H](Cc3ccc(O)cc3)C(=O)N(Cc3ccc(F)c4scnc34)C[C@@H]2N1C(=O)NCc1cccs1. The zero-order chi connectivity index (χ0) is 30.1. The van der Waals surface area contributed by atoms with Crippen molar-refractivity contribution in [2.75, 3.05) is 19.6 Å². The molecular formula is C30H29FN6O4S2. The molecule has 4 aromatic rings. The number of nitrogens with zero attached hydrogens (tertiary/aromatic N) is 5. The van der Waals surface area contributed by atoms with Gasteiger partial charge in [0.25, 0.3) is 0 Å². The molecule has 2 aromatic carbocycles. The molecule has 2 saturated heterocycles. The van der Waals surface area contributed by atoms with Crippen LogP contribution in [-0.4, -0.2) is 79.6 Å². The van der Waals surface area contributed by atoms with Gasteiger partial charge in [-0.2, -0.15) is 0 Å². The molecule has 2 aliphatic heterocycles. The van der Waals surface area contributed by atoms with E-state index in [1.54, 1.807) is 39.7 Å². The number of fused-ring (bicyclic) bond motifs is 2. The van der Waals surface area contributed by atoms with Gasteiger partial charge in [0.2, 0.25) is 11.8 Å². The monoisotopic (exact) mass is 620 g/mol. The Balaban J connectivity index is 1.37. The summed E-state index contributed by atoms with van der Waals surface area (Å²) in [6.07, 6.45) is 0.995. The molecule has 0 aliphatic carbocycles. The van der Waals surface area contributed by atoms with Gasteiger partial charge in [-0.05, 0) is 40.8 Å². The Hall–Kier alpha value is -4.33. The highest BCUT2D eigenvalue weighted by atomic mass is 32.1. The maximum absolute atomic E-state index is 14.4. The van der Waals surface area contributed by atoms with Crippen LogP contribution >= 0.6 is 22.7 Å². The van der Waals surface area contributed by atoms with Crippen LogP contribution in [0.3, 0.4) is 0 Å². The van der Waals surface area contributed by atoms with Gasteiger partial charge in [0, 0.05) is 24.4 Å². The minimum absolute atomic E-state index is 0.0414. The fourth-order valence-corrected chi connectivity index (χ4v) is 7.05. The lowest BCUT2D eigenvalue weighted by atomic mass is 9.98. The number of phenols is 1. The van der Waals surface area contributed by atoms with E-state index < -0.39 is 18.2 Å². The van der Waals surface area contributed by atoms with Gasteiger partial charge in [0.05, 0.1) is 35.4 Å². The molecule has 2 N–H and O–H groups in total. The molecule has 2 atom stereocenters. The van der Waals surface area contributed by atoms with E-state index in [9.17, 15) is 23.9 Å². The van der Waals surface area contributed by atoms with Gasteiger partial charge in [0.1, 0.15) is 23.8 Å². The van der Waals surface area contributed by atoms with Gasteiger partial charge < -0.3 is 20.2 Å². The van der Waals surface area contributed by atoms with Crippen molar-refractivity contribution in [3.63, 3.8) is 0 Å². The lowest BCUT2D eigenvalue weighted by molar-refractivity contribution is -0.189. The van der Waals surface area contributed by atoms with Crippen LogP contribution < -0.4 is 5.32 Å². The predicted molar refractivity (Wildman–Crippen MR) is 161 cm³/mol. The normalized spacial score (nSPS) is 19.1. The Kier molecular flexibility index (Phi) is 8.10. The fraction of sp³-hybridized carbons (Fsp3) is 0.267. The van der Waals surface area contributed by atoms with Crippen molar-refractivity contribution in [2.45, 2.75) is 31.7 Å². The number of carbonyl (C=O) groups is 3. The van der Waals surface area contributed by atoms with E-state index >= 15 is 0 Å². The molecule has 2 fully saturated rings. The molecule has 222 valence electrons. The Labute approximate surface area is 255 Å². The minimum atomic E-state index is -0.916. The summed E-state index contributed by atoms with van der Waals surface area (Å²) in [5.41, 5.74) is 3.46. The second kappa shape index (κ2) is 12.1. The van der Waals surface area contributed by atoms with Crippen molar-refractivity contribution in [3.05, 3.63) is 93.9 Å². The van der Waals surface area contributed by atoms with Crippen molar-refractivity contribution in [3.8, 4) is 5.75 Å². The molecule has 10 nitrogen and oxygen atoms in total. The lowest BCUT2D eigenvalue weighted by Crippen LogP contribution is -2.76. The number of aromatic nitrogens is 1. The molecule has 4 heterocycles. The fourth-order valence-electron chi connectivity index (χ4n) is 5.66. The number of piperazine rings is 1. The number of hydrogen-bond donors (Lipinski definition) is 2. The second-order valence-corrected chi connectivity index (χ2v) is 12.2. The lowest BCUT2D eigenvalue weighted by Gasteiger charge is -2.55. The highest BCUT2D eigenvalue weighted by Gasteiger charge is 2.51. The molecule has 2 aliphatic rings. The summed E-state index contributed by atoms with van der Waals surface area (Å²) >= 11 is 2.71. The Morgan fingerprint density at radius 1 is 1.16 bits per heavy atom. The molecule has 0 spiro atoms. The maximum Gasteiger partial charge on any atom is 0.334 e. The minimum Gasteiger partial charge on any atom is -0.508 e. The van der Waals surface area contributed by atoms with Gasteiger partial charge >= 0.3 is 6.03 Å². The molecule has 0 radical (unpaired) electrons. The average Bonchev–Trinajstić information content (AvgIpc) is 3.70. The van der Waals surface area contributed by atoms with Crippen molar-refractivity contribution in [1.82, 2.24) is 30.1 Å². The summed E-state index contributed by atoms with van der Waals surface area (Å²) in [5.74, 6) is -0.866. The largest absolute Gasteiger partial charge is 0.508 e. The topological polar surface area (TPSA) is 109 Å². The van der Waals surface area contributed by atoms with Gasteiger partial charge in [-0.25, -0.2) is 24.2 Å². The van der Waals surface area contributed by atoms with Crippen molar-refractivity contribution >= 4 is 50.7 Å². The number of hydrogen-bond acceptors (Lipinski definition) is 8. The van der Waals surface area contributed by atoms with Crippen molar-refractivity contribution in [1.29, 1.82) is 0 Å². The predicted octanol–water partition coefficient (Wildman–Crippen LogP) is 3.94. The smallest absolute Gasteiger partial charge is 0.334 e. The van der Waals surface area contributed by atoms with E-state index in [0.29, 0.717) is 22.3 Å². The number of hydrazine groups is 1. The van der Waals surface area contributed by atoms with Gasteiger partial charge in [-0.15, -0.1) is 29.3 Å². The number of rotatable bonds is 8. The maximum atomic E-state index is 14.4. The number of amides is 4. The van der Waals surface area contributed by atoms with E-state index in [1.165, 1.54) is 50.8 Å². The highest BCUT2D eigenvalue weighted by Crippen LogP contribution is 2.31. The third-order valence-electron chi connectivity index (χ3n) is 7.62. The summed E-state index contributed by atoms with van der Waals surface area (Å²) < 4.78 is 14.9. The summed E-state index contributed by atoms with van der Waals surface area (Å²) in [6, 6.07) is 12.0. The summed E-state index contributed by atoms with van der Waals surface area (Å²) in [7, 11) is 0. The first-order valence-electron chi connectivity index (χ1n) is 13.7. The molecule has 43 heavy (non-hydrogen) atoms. The van der Waals surface area contributed by atoms with Crippen LogP contribution in [0.15, 0.2) is 72.1 Å². The zero-order valence-electron chi connectivity index (χ0n) is 23.1. The number of thiazole rings is 1. The van der Waals surface area contributed by atoms with Crippen LogP contribution in [0, 0.1) is 5.82 Å². The van der Waals surface area contributed by atoms with E-state index in [4.69, 9.17) is 0 Å². The molecular weight excluding hydrogens is 592 g/mol. The molecule has 0 bridgehead atoms.